The van der Waals surface area contributed by atoms with E-state index in [9.17, 15) is 37.2 Å². The molecule has 3 N–H and O–H groups in total. The number of carbonyl (C=O) groups excluding carboxylic acids is 5. The van der Waals surface area contributed by atoms with E-state index in [-0.39, 0.29) is 57.9 Å². The minimum Gasteiger partial charge on any atom is -0.478 e. The molecule has 4 aromatic rings. The summed E-state index contributed by atoms with van der Waals surface area (Å²) < 4.78 is 35.9. The van der Waals surface area contributed by atoms with Gasteiger partial charge in [0.1, 0.15) is 11.2 Å². The van der Waals surface area contributed by atoms with Crippen LogP contribution < -0.4 is 10.6 Å². The third-order valence-corrected chi connectivity index (χ3v) is 22.3. The first kappa shape index (κ1) is 80.1. The number of nitrogens with one attached hydrogen (secondary N) is 2. The number of rotatable bonds is 8. The van der Waals surface area contributed by atoms with Crippen molar-refractivity contribution >= 4 is 162 Å². The predicted octanol–water partition coefficient (Wildman–Crippen LogP) is 14.3. The Morgan fingerprint density at radius 1 is 0.443 bits per heavy atom. The lowest BCUT2D eigenvalue weighted by Crippen LogP contribution is -2.38. The monoisotopic (exact) mass is 1560 g/mol. The lowest BCUT2D eigenvalue weighted by atomic mass is 10.0. The Labute approximate surface area is 618 Å². The van der Waals surface area contributed by atoms with Crippen LogP contribution in [0.1, 0.15) is 89.4 Å². The molecule has 0 saturated carbocycles. The maximum Gasteiger partial charge on any atom is 0.410 e. The smallest absolute Gasteiger partial charge is 0.410 e. The lowest BCUT2D eigenvalue weighted by Gasteiger charge is -2.26. The summed E-state index contributed by atoms with van der Waals surface area (Å²) in [5.74, 6) is 3.67. The van der Waals surface area contributed by atoms with Crippen molar-refractivity contribution in [1.82, 2.24) is 39.4 Å². The third-order valence-electron chi connectivity index (χ3n) is 17.4. The number of carboxylic acid groups (broad SMARTS) is 1. The van der Waals surface area contributed by atoms with E-state index in [1.807, 2.05) is 56.2 Å². The van der Waals surface area contributed by atoms with Crippen molar-refractivity contribution < 1.29 is 51.8 Å². The van der Waals surface area contributed by atoms with Crippen LogP contribution >= 0.6 is 116 Å². The number of hydrogen-bond acceptors (Lipinski definition) is 12. The summed E-state index contributed by atoms with van der Waals surface area (Å²) in [5.41, 5.74) is 0.919. The van der Waals surface area contributed by atoms with Gasteiger partial charge in [-0.05, 0) is 156 Å². The lowest BCUT2D eigenvalue weighted by molar-refractivity contribution is 0.0267. The number of nitrogens with zero attached hydrogens (tertiary/aromatic N) is 6. The van der Waals surface area contributed by atoms with Gasteiger partial charge in [-0.15, -0.1) is 23.2 Å². The maximum atomic E-state index is 12.7. The number of fused-ring (bicyclic) bond motifs is 4. The van der Waals surface area contributed by atoms with Crippen molar-refractivity contribution in [2.75, 3.05) is 116 Å². The predicted molar refractivity (Wildman–Crippen MR) is 387 cm³/mol. The number of carboxylic acids is 1. The fourth-order valence-electron chi connectivity index (χ4n) is 12.5. The molecule has 8 unspecified atom stereocenters. The highest BCUT2D eigenvalue weighted by molar-refractivity contribution is 7.92. The summed E-state index contributed by atoms with van der Waals surface area (Å²) in [7, 11) is -3.38. The summed E-state index contributed by atoms with van der Waals surface area (Å²) >= 11 is 57.1. The molecule has 4 aromatic carbocycles. The van der Waals surface area contributed by atoms with Gasteiger partial charge in [-0.25, -0.2) is 22.8 Å². The van der Waals surface area contributed by atoms with Crippen LogP contribution in [0.5, 0.6) is 0 Å². The number of halogens is 10. The molecule has 0 bridgehead atoms. The van der Waals surface area contributed by atoms with E-state index in [1.54, 1.807) is 64.4 Å². The standard InChI is InChI=1S/C18H22Cl2N2O3.C15H16Cl2N2O3S.C13H14Cl2N2O.C11H20N2O2.C7H4Cl2O2.C3H6Cl2/c1-18(2,3)25-17(24)22-9-12-7-21(8-13(12)10-22)16(23)11-4-5-14(19)15(20)6-11;1-2-23(21,22)19-8-11-6-18(7-12(11)9-19)15(20)10-3-4-13(16)14(17)5-10;14-11-2-1-8(3-12(11)15)13(18)17-6-9-4-16-5-10(9)7-17;1-11(2,3)15-10(14)13-6-8-4-12-5-9(8)7-13;8-5-2-1-4(7(10)11)3-6(5)9;4-2-1-3-5/h4-6,12-13H,7-10H2,1-3H3;2-5,11-12H,1,6-9H2;1-3,9-10,16H,4-7H2;8-9,12H,4-7H2,1-3H3;1-3H,(H,10,11);1-3H2. The topological polar surface area (TPSA) is 219 Å². The quantitative estimate of drug-likeness (QED) is 0.140. The van der Waals surface area contributed by atoms with Crippen LogP contribution in [-0.2, 0) is 19.5 Å². The Kier molecular flexibility index (Phi) is 29.4. The van der Waals surface area contributed by atoms with Gasteiger partial charge in [-0.2, -0.15) is 4.31 Å². The molecule has 0 aromatic heterocycles. The zero-order chi connectivity index (χ0) is 71.4. The SMILES string of the molecule is C=CS(=O)(=O)N1CC2CN(C(=O)c3ccc(Cl)c(Cl)c3)CC2C1.CC(C)(C)OC(=O)N1CC2CN(C(=O)c3ccc(Cl)c(Cl)c3)CC2C1.CC(C)(C)OC(=O)N1CC2CNCC2C1.ClCCCCl.O=C(O)c1ccc(Cl)c(Cl)c1.O=C(c1ccc(Cl)c(Cl)c1)N1CC2CNCC2C1. The van der Waals surface area contributed by atoms with Crippen LogP contribution in [0.25, 0.3) is 0 Å². The van der Waals surface area contributed by atoms with Crippen molar-refractivity contribution in [1.29, 1.82) is 0 Å². The average Bonchev–Trinajstić information content (AvgIpc) is 1.69. The van der Waals surface area contributed by atoms with E-state index in [2.05, 4.69) is 17.2 Å². The second-order valence-electron chi connectivity index (χ2n) is 26.9. The van der Waals surface area contributed by atoms with Gasteiger partial charge in [0.2, 0.25) is 10.0 Å². The number of amides is 5. The summed E-state index contributed by atoms with van der Waals surface area (Å²) in [6.07, 6.45) is 0.490. The molecule has 30 heteroatoms. The molecule has 0 spiro atoms. The van der Waals surface area contributed by atoms with Gasteiger partial charge in [0.05, 0.1) is 45.7 Å². The molecule has 12 rings (SSSR count). The van der Waals surface area contributed by atoms with Gasteiger partial charge in [0.25, 0.3) is 17.7 Å². The summed E-state index contributed by atoms with van der Waals surface area (Å²) in [4.78, 5) is 81.0. The van der Waals surface area contributed by atoms with E-state index < -0.39 is 21.6 Å². The molecular weight excluding hydrogens is 1480 g/mol. The number of likely N-dealkylation sites (tertiary alicyclic amines) is 5. The van der Waals surface area contributed by atoms with Crippen LogP contribution in [0, 0.1) is 47.3 Å². The second-order valence-corrected chi connectivity index (χ2v) is 32.8. The van der Waals surface area contributed by atoms with Crippen molar-refractivity contribution in [3.05, 3.63) is 147 Å². The zero-order valence-electron chi connectivity index (χ0n) is 54.7. The summed E-state index contributed by atoms with van der Waals surface area (Å²) in [6.45, 7) is 26.7. The molecule has 8 saturated heterocycles. The largest absolute Gasteiger partial charge is 0.478 e. The van der Waals surface area contributed by atoms with Gasteiger partial charge in [0, 0.05) is 150 Å². The van der Waals surface area contributed by atoms with E-state index in [0.717, 1.165) is 64.2 Å². The van der Waals surface area contributed by atoms with E-state index >= 15 is 0 Å². The van der Waals surface area contributed by atoms with Gasteiger partial charge >= 0.3 is 18.2 Å². The Morgan fingerprint density at radius 2 is 0.701 bits per heavy atom. The second kappa shape index (κ2) is 35.6. The number of alkyl halides is 2. The highest BCUT2D eigenvalue weighted by Gasteiger charge is 2.47. The molecule has 19 nitrogen and oxygen atoms in total. The number of hydrogen-bond donors (Lipinski definition) is 3. The fourth-order valence-corrected chi connectivity index (χ4v) is 15.1. The van der Waals surface area contributed by atoms with Crippen molar-refractivity contribution in [3.8, 4) is 0 Å². The number of ether oxygens (including phenoxy) is 2. The van der Waals surface area contributed by atoms with E-state index in [4.69, 9.17) is 131 Å². The Balaban J connectivity index is 0.000000172. The zero-order valence-corrected chi connectivity index (χ0v) is 63.0. The van der Waals surface area contributed by atoms with Gasteiger partial charge in [-0.3, -0.25) is 14.4 Å². The minimum absolute atomic E-state index is 0.0446. The van der Waals surface area contributed by atoms with Crippen molar-refractivity contribution in [2.45, 2.75) is 59.2 Å². The molecular formula is C67H82Cl10N8O11S. The Bertz CT molecular complexity index is 3550. The molecule has 5 amide bonds. The number of carbonyl (C=O) groups is 6. The van der Waals surface area contributed by atoms with Crippen molar-refractivity contribution in [3.63, 3.8) is 0 Å². The number of benzene rings is 4. The molecule has 0 aliphatic carbocycles. The Morgan fingerprint density at radius 3 is 0.959 bits per heavy atom. The fraction of sp³-hybridized carbons (Fsp3) is 0.522. The van der Waals surface area contributed by atoms with Crippen LogP contribution in [-0.4, -0.2) is 206 Å². The molecule has 97 heavy (non-hydrogen) atoms. The van der Waals surface area contributed by atoms with Gasteiger partial charge in [-0.1, -0.05) is 99.4 Å². The average molecular weight is 1560 g/mol. The molecule has 8 aliphatic heterocycles. The first-order chi connectivity index (χ1) is 45.6. The highest BCUT2D eigenvalue weighted by Crippen LogP contribution is 2.37. The molecule has 8 atom stereocenters. The first-order valence-electron chi connectivity index (χ1n) is 31.6. The number of aromatic carboxylic acids is 1. The summed E-state index contributed by atoms with van der Waals surface area (Å²) in [5, 5.41) is 19.3. The highest BCUT2D eigenvalue weighted by atomic mass is 35.5. The molecule has 0 radical (unpaired) electrons. The van der Waals surface area contributed by atoms with Crippen LogP contribution in [0.3, 0.4) is 0 Å². The summed E-state index contributed by atoms with van der Waals surface area (Å²) in [6, 6.07) is 19.0. The maximum absolute atomic E-state index is 12.7. The Hall–Kier alpha value is -4.23. The normalized spacial score (nSPS) is 22.9. The first-order valence-corrected chi connectivity index (χ1v) is 37.2. The van der Waals surface area contributed by atoms with Gasteiger partial charge < -0.3 is 49.7 Å². The molecule has 532 valence electrons. The van der Waals surface area contributed by atoms with Crippen LogP contribution in [0.4, 0.5) is 9.59 Å². The van der Waals surface area contributed by atoms with Crippen LogP contribution in [0.2, 0.25) is 40.2 Å². The molecule has 8 heterocycles. The van der Waals surface area contributed by atoms with Crippen LogP contribution in [0.15, 0.2) is 84.8 Å². The van der Waals surface area contributed by atoms with Gasteiger partial charge in [0.15, 0.2) is 0 Å². The van der Waals surface area contributed by atoms with E-state index in [0.29, 0.717) is 151 Å². The van der Waals surface area contributed by atoms with Crippen molar-refractivity contribution in [2.24, 2.45) is 47.3 Å². The number of sulfonamides is 1. The van der Waals surface area contributed by atoms with E-state index in [1.165, 1.54) is 22.5 Å². The minimum atomic E-state index is -3.38. The third kappa shape index (κ3) is 22.6. The molecule has 8 aliphatic rings. The molecule has 8 fully saturated rings.